The van der Waals surface area contributed by atoms with Crippen molar-refractivity contribution in [2.24, 2.45) is 0 Å². The van der Waals surface area contributed by atoms with Crippen LogP contribution in [0.4, 0.5) is 0 Å². The highest BCUT2D eigenvalue weighted by Gasteiger charge is 2.22. The van der Waals surface area contributed by atoms with Crippen LogP contribution in [0.5, 0.6) is 0 Å². The Hall–Kier alpha value is -0.130. The molecule has 2 atom stereocenters. The lowest BCUT2D eigenvalue weighted by atomic mass is 10.0. The van der Waals surface area contributed by atoms with Gasteiger partial charge in [-0.15, -0.1) is 0 Å². The van der Waals surface area contributed by atoms with Gasteiger partial charge in [0.25, 0.3) is 10.1 Å². The summed E-state index contributed by atoms with van der Waals surface area (Å²) in [6.45, 7) is 4.38. The van der Waals surface area contributed by atoms with E-state index in [2.05, 4.69) is 13.8 Å². The fourth-order valence-electron chi connectivity index (χ4n) is 3.83. The number of rotatable bonds is 21. The molecule has 0 aromatic rings. The van der Waals surface area contributed by atoms with E-state index in [1.165, 1.54) is 51.4 Å². The van der Waals surface area contributed by atoms with E-state index in [9.17, 15) is 18.1 Å². The van der Waals surface area contributed by atoms with E-state index in [1.807, 2.05) is 0 Å². The predicted octanol–water partition coefficient (Wildman–Crippen LogP) is 7.06. The van der Waals surface area contributed by atoms with Crippen LogP contribution in [-0.4, -0.2) is 29.4 Å². The Bertz CT molecular complexity index is 422. The minimum Gasteiger partial charge on any atom is -0.393 e. The normalized spacial score (nSPS) is 14.3. The Morgan fingerprint density at radius 1 is 0.571 bits per heavy atom. The zero-order chi connectivity index (χ0) is 21.1. The molecule has 170 valence electrons. The van der Waals surface area contributed by atoms with Gasteiger partial charge >= 0.3 is 0 Å². The molecule has 0 aliphatic rings. The smallest absolute Gasteiger partial charge is 0.267 e. The summed E-state index contributed by atoms with van der Waals surface area (Å²) in [5.74, 6) is 0. The van der Waals surface area contributed by atoms with Crippen LogP contribution in [0.15, 0.2) is 0 Å². The molecule has 0 amide bonds. The SMILES string of the molecule is CCCCCCCCCCCCCC(CCCC(O)CCCCC)S(=O)(=O)O. The van der Waals surface area contributed by atoms with Gasteiger partial charge in [0, 0.05) is 0 Å². The average Bonchev–Trinajstić information content (AvgIpc) is 2.64. The summed E-state index contributed by atoms with van der Waals surface area (Å²) < 4.78 is 32.7. The fourth-order valence-corrected chi connectivity index (χ4v) is 4.76. The highest BCUT2D eigenvalue weighted by atomic mass is 32.2. The van der Waals surface area contributed by atoms with Crippen molar-refractivity contribution >= 4 is 10.1 Å². The van der Waals surface area contributed by atoms with Crippen molar-refractivity contribution in [1.82, 2.24) is 0 Å². The van der Waals surface area contributed by atoms with Crippen LogP contribution in [-0.2, 0) is 10.1 Å². The van der Waals surface area contributed by atoms with E-state index in [0.717, 1.165) is 44.9 Å². The van der Waals surface area contributed by atoms with Crippen LogP contribution in [0, 0.1) is 0 Å². The topological polar surface area (TPSA) is 74.6 Å². The van der Waals surface area contributed by atoms with Crippen molar-refractivity contribution in [3.05, 3.63) is 0 Å². The molecule has 2 unspecified atom stereocenters. The Labute approximate surface area is 175 Å². The van der Waals surface area contributed by atoms with Gasteiger partial charge in [-0.05, 0) is 32.1 Å². The van der Waals surface area contributed by atoms with Crippen molar-refractivity contribution < 1.29 is 18.1 Å². The zero-order valence-electron chi connectivity index (χ0n) is 18.7. The van der Waals surface area contributed by atoms with Crippen LogP contribution >= 0.6 is 0 Å². The summed E-state index contributed by atoms with van der Waals surface area (Å²) >= 11 is 0. The lowest BCUT2D eigenvalue weighted by Crippen LogP contribution is -2.21. The Balaban J connectivity index is 3.76. The molecule has 0 saturated heterocycles. The molecule has 5 heteroatoms. The maximum Gasteiger partial charge on any atom is 0.267 e. The van der Waals surface area contributed by atoms with Gasteiger partial charge in [-0.1, -0.05) is 104 Å². The lowest BCUT2D eigenvalue weighted by molar-refractivity contribution is 0.147. The van der Waals surface area contributed by atoms with Gasteiger partial charge in [0.15, 0.2) is 0 Å². The molecular formula is C23H48O4S. The Kier molecular flexibility index (Phi) is 18.8. The minimum absolute atomic E-state index is 0.337. The number of hydrogen-bond donors (Lipinski definition) is 2. The molecule has 0 aliphatic heterocycles. The second-order valence-corrected chi connectivity index (χ2v) is 10.2. The summed E-state index contributed by atoms with van der Waals surface area (Å²) in [6, 6.07) is 0. The number of aliphatic hydroxyl groups is 1. The van der Waals surface area contributed by atoms with E-state index in [-0.39, 0.29) is 6.10 Å². The van der Waals surface area contributed by atoms with Gasteiger partial charge in [0.1, 0.15) is 0 Å². The minimum atomic E-state index is -3.98. The first-order valence-corrected chi connectivity index (χ1v) is 13.6. The monoisotopic (exact) mass is 420 g/mol. The van der Waals surface area contributed by atoms with Crippen LogP contribution in [0.1, 0.15) is 136 Å². The Morgan fingerprint density at radius 2 is 0.929 bits per heavy atom. The molecule has 0 heterocycles. The zero-order valence-corrected chi connectivity index (χ0v) is 19.5. The van der Waals surface area contributed by atoms with E-state index >= 15 is 0 Å². The van der Waals surface area contributed by atoms with E-state index < -0.39 is 15.4 Å². The molecule has 0 spiro atoms. The summed E-state index contributed by atoms with van der Waals surface area (Å²) in [5.41, 5.74) is 0. The highest BCUT2D eigenvalue weighted by Crippen LogP contribution is 2.20. The van der Waals surface area contributed by atoms with E-state index in [0.29, 0.717) is 25.7 Å². The quantitative estimate of drug-likeness (QED) is 0.154. The highest BCUT2D eigenvalue weighted by molar-refractivity contribution is 7.86. The lowest BCUT2D eigenvalue weighted by Gasteiger charge is -2.15. The third kappa shape index (κ3) is 17.9. The number of hydrogen-bond acceptors (Lipinski definition) is 3. The third-order valence-electron chi connectivity index (χ3n) is 5.76. The van der Waals surface area contributed by atoms with Crippen molar-refractivity contribution in [3.8, 4) is 0 Å². The van der Waals surface area contributed by atoms with Crippen molar-refractivity contribution in [3.63, 3.8) is 0 Å². The third-order valence-corrected chi connectivity index (χ3v) is 7.07. The van der Waals surface area contributed by atoms with Gasteiger partial charge in [0.05, 0.1) is 11.4 Å². The summed E-state index contributed by atoms with van der Waals surface area (Å²) in [7, 11) is -3.98. The molecule has 2 N–H and O–H groups in total. The molecule has 0 saturated carbocycles. The van der Waals surface area contributed by atoms with Crippen LogP contribution in [0.3, 0.4) is 0 Å². The first-order chi connectivity index (χ1) is 13.4. The molecule has 0 rings (SSSR count). The van der Waals surface area contributed by atoms with E-state index in [1.54, 1.807) is 0 Å². The van der Waals surface area contributed by atoms with Gasteiger partial charge in [-0.25, -0.2) is 0 Å². The maximum absolute atomic E-state index is 11.6. The molecule has 0 bridgehead atoms. The van der Waals surface area contributed by atoms with Gasteiger partial charge in [-0.2, -0.15) is 8.42 Å². The molecule has 0 aliphatic carbocycles. The van der Waals surface area contributed by atoms with Gasteiger partial charge in [0.2, 0.25) is 0 Å². The average molecular weight is 421 g/mol. The van der Waals surface area contributed by atoms with Crippen molar-refractivity contribution in [2.45, 2.75) is 147 Å². The molecule has 28 heavy (non-hydrogen) atoms. The molecule has 0 radical (unpaired) electrons. The first-order valence-electron chi connectivity index (χ1n) is 12.1. The molecule has 0 fully saturated rings. The van der Waals surface area contributed by atoms with Gasteiger partial charge < -0.3 is 5.11 Å². The van der Waals surface area contributed by atoms with Crippen molar-refractivity contribution in [2.75, 3.05) is 0 Å². The van der Waals surface area contributed by atoms with E-state index in [4.69, 9.17) is 0 Å². The van der Waals surface area contributed by atoms with Crippen molar-refractivity contribution in [1.29, 1.82) is 0 Å². The van der Waals surface area contributed by atoms with Crippen LogP contribution in [0.25, 0.3) is 0 Å². The van der Waals surface area contributed by atoms with Gasteiger partial charge in [-0.3, -0.25) is 4.55 Å². The summed E-state index contributed by atoms with van der Waals surface area (Å²) in [4.78, 5) is 0. The second kappa shape index (κ2) is 18.9. The molecule has 0 aromatic heterocycles. The predicted molar refractivity (Wildman–Crippen MR) is 120 cm³/mol. The standard InChI is InChI=1S/C23H48O4S/c1-3-5-7-8-9-10-11-12-13-14-16-20-23(28(25,26)27)21-17-19-22(24)18-15-6-4-2/h22-24H,3-21H2,1-2H3,(H,25,26,27). The molecule has 0 aromatic carbocycles. The Morgan fingerprint density at radius 3 is 1.43 bits per heavy atom. The molecular weight excluding hydrogens is 372 g/mol. The fraction of sp³-hybridized carbons (Fsp3) is 1.00. The first kappa shape index (κ1) is 27.9. The maximum atomic E-state index is 11.6. The molecule has 4 nitrogen and oxygen atoms in total. The summed E-state index contributed by atoms with van der Waals surface area (Å²) in [5, 5.41) is 9.30. The largest absolute Gasteiger partial charge is 0.393 e. The summed E-state index contributed by atoms with van der Waals surface area (Å²) in [6.07, 6.45) is 19.7. The second-order valence-electron chi connectivity index (χ2n) is 8.54. The van der Waals surface area contributed by atoms with Crippen LogP contribution in [0.2, 0.25) is 0 Å². The van der Waals surface area contributed by atoms with Crippen LogP contribution < -0.4 is 0 Å². The number of unbranched alkanes of at least 4 members (excludes halogenated alkanes) is 12. The number of aliphatic hydroxyl groups excluding tert-OH is 1.